The molecular weight excluding hydrogens is 382 g/mol. The van der Waals surface area contributed by atoms with Gasteiger partial charge in [0.2, 0.25) is 0 Å². The lowest BCUT2D eigenvalue weighted by Crippen LogP contribution is -2.29. The van der Waals surface area contributed by atoms with Gasteiger partial charge in [-0.1, -0.05) is 62.5 Å². The average molecular weight is 418 g/mol. The first-order valence-corrected chi connectivity index (χ1v) is 12.2. The number of allylic oxidation sites excluding steroid dienone is 2. The van der Waals surface area contributed by atoms with Crippen molar-refractivity contribution in [2.45, 2.75) is 63.8 Å². The molecule has 0 aromatic heterocycles. The van der Waals surface area contributed by atoms with Gasteiger partial charge in [-0.3, -0.25) is 0 Å². The van der Waals surface area contributed by atoms with Crippen LogP contribution in [0.15, 0.2) is 54.6 Å². The van der Waals surface area contributed by atoms with Crippen molar-refractivity contribution in [2.24, 2.45) is 11.8 Å². The Bertz CT molecular complexity index is 915. The first kappa shape index (κ1) is 20.5. The molecule has 0 bridgehead atoms. The van der Waals surface area contributed by atoms with E-state index in [0.29, 0.717) is 18.4 Å². The maximum atomic E-state index is 6.21. The Morgan fingerprint density at radius 1 is 0.968 bits per heavy atom. The van der Waals surface area contributed by atoms with Crippen molar-refractivity contribution in [2.75, 3.05) is 18.5 Å². The highest BCUT2D eigenvalue weighted by atomic mass is 16.5. The van der Waals surface area contributed by atoms with Gasteiger partial charge >= 0.3 is 0 Å². The zero-order chi connectivity index (χ0) is 21.0. The van der Waals surface area contributed by atoms with E-state index >= 15 is 0 Å². The van der Waals surface area contributed by atoms with E-state index in [1.807, 2.05) is 0 Å². The Morgan fingerprint density at radius 2 is 1.84 bits per heavy atom. The van der Waals surface area contributed by atoms with Gasteiger partial charge in [-0.25, -0.2) is 0 Å². The predicted molar refractivity (Wildman–Crippen MR) is 127 cm³/mol. The second kappa shape index (κ2) is 9.38. The third-order valence-corrected chi connectivity index (χ3v) is 7.41. The zero-order valence-corrected chi connectivity index (χ0v) is 18.7. The normalized spacial score (nSPS) is 24.9. The average Bonchev–Trinajstić information content (AvgIpc) is 3.31. The van der Waals surface area contributed by atoms with Gasteiger partial charge in [-0.05, 0) is 61.4 Å². The molecule has 31 heavy (non-hydrogen) atoms. The first-order chi connectivity index (χ1) is 15.3. The van der Waals surface area contributed by atoms with Gasteiger partial charge in [-0.15, -0.1) is 0 Å². The van der Waals surface area contributed by atoms with Crippen LogP contribution >= 0.6 is 0 Å². The van der Waals surface area contributed by atoms with Crippen molar-refractivity contribution in [3.05, 3.63) is 65.7 Å². The van der Waals surface area contributed by atoms with Crippen molar-refractivity contribution >= 4 is 5.69 Å². The number of ether oxygens (including phenoxy) is 2. The van der Waals surface area contributed by atoms with Gasteiger partial charge in [0.05, 0.1) is 19.3 Å². The third kappa shape index (κ3) is 4.33. The van der Waals surface area contributed by atoms with Crippen LogP contribution in [0, 0.1) is 11.8 Å². The number of anilines is 1. The summed E-state index contributed by atoms with van der Waals surface area (Å²) >= 11 is 0. The number of rotatable bonds is 7. The summed E-state index contributed by atoms with van der Waals surface area (Å²) in [5.41, 5.74) is 3.87. The van der Waals surface area contributed by atoms with E-state index in [-0.39, 0.29) is 6.04 Å². The van der Waals surface area contributed by atoms with Crippen molar-refractivity contribution in [3.8, 4) is 11.5 Å². The minimum Gasteiger partial charge on any atom is -0.494 e. The van der Waals surface area contributed by atoms with Crippen LogP contribution in [0.2, 0.25) is 0 Å². The highest BCUT2D eigenvalue weighted by molar-refractivity contribution is 5.62. The molecular formula is C28H35NO2. The van der Waals surface area contributed by atoms with Gasteiger partial charge in [0.15, 0.2) is 0 Å². The maximum Gasteiger partial charge on any atom is 0.124 e. The lowest BCUT2D eigenvalue weighted by atomic mass is 9.77. The van der Waals surface area contributed by atoms with E-state index in [0.717, 1.165) is 30.4 Å². The molecule has 1 saturated carbocycles. The number of hydrogen-bond donors (Lipinski definition) is 1. The van der Waals surface area contributed by atoms with Crippen LogP contribution in [-0.2, 0) is 0 Å². The Hall–Kier alpha value is -2.42. The van der Waals surface area contributed by atoms with E-state index in [1.165, 1.54) is 55.3 Å². The molecule has 3 aliphatic rings. The van der Waals surface area contributed by atoms with Crippen LogP contribution in [0.4, 0.5) is 5.69 Å². The molecule has 3 heteroatoms. The number of nitrogens with one attached hydrogen (secondary N) is 1. The standard InChI is InChI=1S/C28H35NO2/c1-2-30-27-14-7-6-11-24(27)28-23-13-8-12-22(23)25-19-21(15-16-26(25)29-28)31-18-17-20-9-4-3-5-10-20/h6-8,11-12,14-16,19-20,22-23,28-29H,2-5,9-10,13,17-18H2,1H3. The van der Waals surface area contributed by atoms with Crippen LogP contribution in [-0.4, -0.2) is 13.2 Å². The van der Waals surface area contributed by atoms with Gasteiger partial charge in [0.1, 0.15) is 11.5 Å². The summed E-state index contributed by atoms with van der Waals surface area (Å²) in [4.78, 5) is 0. The second-order valence-electron chi connectivity index (χ2n) is 9.34. The summed E-state index contributed by atoms with van der Waals surface area (Å²) < 4.78 is 12.2. The predicted octanol–water partition coefficient (Wildman–Crippen LogP) is 7.26. The topological polar surface area (TPSA) is 30.5 Å². The summed E-state index contributed by atoms with van der Waals surface area (Å²) in [6, 6.07) is 15.4. The Balaban J connectivity index is 1.33. The fraction of sp³-hybridized carbons (Fsp3) is 0.500. The van der Waals surface area contributed by atoms with Crippen LogP contribution in [0.5, 0.6) is 11.5 Å². The van der Waals surface area contributed by atoms with E-state index in [2.05, 4.69) is 66.9 Å². The molecule has 164 valence electrons. The lowest BCUT2D eigenvalue weighted by molar-refractivity contribution is 0.246. The maximum absolute atomic E-state index is 6.21. The molecule has 0 saturated heterocycles. The molecule has 2 aromatic rings. The monoisotopic (exact) mass is 417 g/mol. The van der Waals surface area contributed by atoms with Gasteiger partial charge in [0, 0.05) is 17.2 Å². The lowest BCUT2D eigenvalue weighted by Gasteiger charge is -2.38. The summed E-state index contributed by atoms with van der Waals surface area (Å²) in [6.07, 6.45) is 14.0. The van der Waals surface area contributed by atoms with Crippen molar-refractivity contribution in [1.29, 1.82) is 0 Å². The van der Waals surface area contributed by atoms with Crippen LogP contribution in [0.25, 0.3) is 0 Å². The minimum atomic E-state index is 0.258. The number of fused-ring (bicyclic) bond motifs is 3. The fourth-order valence-electron chi connectivity index (χ4n) is 5.81. The fourth-order valence-corrected chi connectivity index (χ4v) is 5.81. The quantitative estimate of drug-likeness (QED) is 0.481. The van der Waals surface area contributed by atoms with Gasteiger partial charge in [-0.2, -0.15) is 0 Å². The molecule has 3 atom stereocenters. The summed E-state index contributed by atoms with van der Waals surface area (Å²) in [5, 5.41) is 3.84. The SMILES string of the molecule is CCOc1ccccc1C1Nc2ccc(OCCC3CCCCC3)cc2C2C=CCC21. The van der Waals surface area contributed by atoms with Crippen molar-refractivity contribution in [1.82, 2.24) is 0 Å². The Kier molecular flexibility index (Phi) is 6.20. The van der Waals surface area contributed by atoms with E-state index < -0.39 is 0 Å². The van der Waals surface area contributed by atoms with Crippen LogP contribution < -0.4 is 14.8 Å². The molecule has 3 unspecified atom stereocenters. The minimum absolute atomic E-state index is 0.258. The molecule has 1 fully saturated rings. The van der Waals surface area contributed by atoms with Crippen LogP contribution in [0.1, 0.15) is 75.0 Å². The van der Waals surface area contributed by atoms with Crippen molar-refractivity contribution < 1.29 is 9.47 Å². The summed E-state index contributed by atoms with van der Waals surface area (Å²) in [6.45, 7) is 3.58. The number of benzene rings is 2. The first-order valence-electron chi connectivity index (χ1n) is 12.2. The largest absolute Gasteiger partial charge is 0.494 e. The number of para-hydroxylation sites is 1. The smallest absolute Gasteiger partial charge is 0.124 e. The Morgan fingerprint density at radius 3 is 2.71 bits per heavy atom. The van der Waals surface area contributed by atoms with E-state index in [9.17, 15) is 0 Å². The molecule has 5 rings (SSSR count). The molecule has 1 N–H and O–H groups in total. The number of hydrogen-bond acceptors (Lipinski definition) is 3. The molecule has 1 heterocycles. The molecule has 2 aliphatic carbocycles. The zero-order valence-electron chi connectivity index (χ0n) is 18.7. The molecule has 0 radical (unpaired) electrons. The summed E-state index contributed by atoms with van der Waals surface area (Å²) in [7, 11) is 0. The van der Waals surface area contributed by atoms with Crippen LogP contribution in [0.3, 0.4) is 0 Å². The highest BCUT2D eigenvalue weighted by Crippen LogP contribution is 2.51. The molecule has 0 amide bonds. The van der Waals surface area contributed by atoms with E-state index in [1.54, 1.807) is 0 Å². The second-order valence-corrected chi connectivity index (χ2v) is 9.34. The molecule has 0 spiro atoms. The molecule has 3 nitrogen and oxygen atoms in total. The van der Waals surface area contributed by atoms with Gasteiger partial charge in [0.25, 0.3) is 0 Å². The van der Waals surface area contributed by atoms with E-state index in [4.69, 9.17) is 9.47 Å². The Labute approximate surface area is 186 Å². The van der Waals surface area contributed by atoms with Gasteiger partial charge < -0.3 is 14.8 Å². The summed E-state index contributed by atoms with van der Waals surface area (Å²) in [5.74, 6) is 3.81. The van der Waals surface area contributed by atoms with Crippen molar-refractivity contribution in [3.63, 3.8) is 0 Å². The highest BCUT2D eigenvalue weighted by Gasteiger charge is 2.39. The molecule has 1 aliphatic heterocycles. The molecule has 2 aromatic carbocycles. The third-order valence-electron chi connectivity index (χ3n) is 7.41.